The monoisotopic (exact) mass is 281 g/mol. The lowest BCUT2D eigenvalue weighted by atomic mass is 10.1. The molecule has 2 rings (SSSR count). The summed E-state index contributed by atoms with van der Waals surface area (Å²) in [6.07, 6.45) is 2.84. The Morgan fingerprint density at radius 1 is 1.45 bits per heavy atom. The molecular weight excluding hydrogens is 265 g/mol. The zero-order chi connectivity index (χ0) is 14.5. The maximum absolute atomic E-state index is 13.4. The zero-order valence-corrected chi connectivity index (χ0v) is 10.9. The summed E-state index contributed by atoms with van der Waals surface area (Å²) in [7, 11) is 0. The molecular formula is C14H16FNO4. The van der Waals surface area contributed by atoms with Gasteiger partial charge in [-0.2, -0.15) is 0 Å². The van der Waals surface area contributed by atoms with Gasteiger partial charge in [0.15, 0.2) is 0 Å². The second-order valence-electron chi connectivity index (χ2n) is 4.69. The summed E-state index contributed by atoms with van der Waals surface area (Å²) in [5, 5.41) is 11.4. The predicted molar refractivity (Wildman–Crippen MR) is 70.2 cm³/mol. The molecule has 1 aromatic carbocycles. The van der Waals surface area contributed by atoms with Gasteiger partial charge in [-0.05, 0) is 31.4 Å². The van der Waals surface area contributed by atoms with Crippen LogP contribution in [-0.2, 0) is 9.53 Å². The summed E-state index contributed by atoms with van der Waals surface area (Å²) in [6, 6.07) is 3.78. The van der Waals surface area contributed by atoms with Gasteiger partial charge in [-0.25, -0.2) is 9.18 Å². The van der Waals surface area contributed by atoms with Crippen molar-refractivity contribution in [2.24, 2.45) is 0 Å². The van der Waals surface area contributed by atoms with Crippen molar-refractivity contribution in [3.05, 3.63) is 29.6 Å². The molecule has 1 fully saturated rings. The van der Waals surface area contributed by atoms with Crippen LogP contribution in [0.25, 0.3) is 0 Å². The number of amides is 1. The Labute approximate surface area is 115 Å². The van der Waals surface area contributed by atoms with Crippen molar-refractivity contribution < 1.29 is 23.8 Å². The number of carbonyl (C=O) groups is 2. The third-order valence-electron chi connectivity index (χ3n) is 3.22. The van der Waals surface area contributed by atoms with E-state index < -0.39 is 17.3 Å². The van der Waals surface area contributed by atoms with Crippen molar-refractivity contribution in [2.45, 2.75) is 31.8 Å². The van der Waals surface area contributed by atoms with Crippen LogP contribution in [0, 0.1) is 5.82 Å². The highest BCUT2D eigenvalue weighted by atomic mass is 19.1. The first kappa shape index (κ1) is 14.5. The van der Waals surface area contributed by atoms with Crippen molar-refractivity contribution in [1.82, 2.24) is 0 Å². The van der Waals surface area contributed by atoms with Gasteiger partial charge >= 0.3 is 5.97 Å². The molecule has 1 amide bonds. The smallest absolute Gasteiger partial charge is 0.340 e. The Kier molecular flexibility index (Phi) is 4.68. The molecule has 20 heavy (non-hydrogen) atoms. The summed E-state index contributed by atoms with van der Waals surface area (Å²) >= 11 is 0. The second-order valence-corrected chi connectivity index (χ2v) is 4.69. The van der Waals surface area contributed by atoms with E-state index >= 15 is 0 Å². The quantitative estimate of drug-likeness (QED) is 0.869. The van der Waals surface area contributed by atoms with Crippen LogP contribution < -0.4 is 5.32 Å². The molecule has 1 aliphatic heterocycles. The minimum atomic E-state index is -1.41. The Bertz CT molecular complexity index is 512. The minimum Gasteiger partial charge on any atom is -0.478 e. The molecule has 0 saturated carbocycles. The van der Waals surface area contributed by atoms with E-state index in [4.69, 9.17) is 9.84 Å². The third-order valence-corrected chi connectivity index (χ3v) is 3.22. The summed E-state index contributed by atoms with van der Waals surface area (Å²) in [5.41, 5.74) is -0.534. The van der Waals surface area contributed by atoms with Gasteiger partial charge in [0.2, 0.25) is 5.91 Å². The van der Waals surface area contributed by atoms with Gasteiger partial charge < -0.3 is 15.2 Å². The van der Waals surface area contributed by atoms with Gasteiger partial charge in [-0.3, -0.25) is 4.79 Å². The van der Waals surface area contributed by atoms with E-state index in [0.717, 1.165) is 25.5 Å². The minimum absolute atomic E-state index is 0.0187. The molecule has 1 aliphatic rings. The Morgan fingerprint density at radius 2 is 2.25 bits per heavy atom. The molecule has 0 radical (unpaired) electrons. The normalized spacial score (nSPS) is 17.9. The molecule has 1 heterocycles. The highest BCUT2D eigenvalue weighted by Crippen LogP contribution is 2.20. The lowest BCUT2D eigenvalue weighted by Gasteiger charge is -2.11. The molecule has 1 saturated heterocycles. The number of hydrogen-bond donors (Lipinski definition) is 2. The van der Waals surface area contributed by atoms with Crippen molar-refractivity contribution in [1.29, 1.82) is 0 Å². The van der Waals surface area contributed by atoms with Crippen molar-refractivity contribution >= 4 is 17.6 Å². The third kappa shape index (κ3) is 3.54. The number of carboxylic acid groups (broad SMARTS) is 1. The number of benzene rings is 1. The van der Waals surface area contributed by atoms with Crippen LogP contribution in [0.4, 0.5) is 10.1 Å². The van der Waals surface area contributed by atoms with Crippen LogP contribution in [0.3, 0.4) is 0 Å². The molecule has 0 aliphatic carbocycles. The highest BCUT2D eigenvalue weighted by Gasteiger charge is 2.19. The molecule has 0 aromatic heterocycles. The average Bonchev–Trinajstić information content (AvgIpc) is 2.89. The number of rotatable bonds is 5. The lowest BCUT2D eigenvalue weighted by Crippen LogP contribution is -2.17. The topological polar surface area (TPSA) is 75.6 Å². The number of carboxylic acids is 1. The fourth-order valence-corrected chi connectivity index (χ4v) is 2.22. The first-order chi connectivity index (χ1) is 9.58. The largest absolute Gasteiger partial charge is 0.478 e. The molecule has 0 spiro atoms. The molecule has 1 aromatic rings. The standard InChI is InChI=1S/C14H16FNO4/c15-10-4-1-5-11(13(10)14(18)19)16-12(17)7-6-9-3-2-8-20-9/h1,4-5,9H,2-3,6-8H2,(H,16,17)(H,18,19). The van der Waals surface area contributed by atoms with Gasteiger partial charge in [-0.1, -0.05) is 6.07 Å². The number of aromatic carboxylic acids is 1. The van der Waals surface area contributed by atoms with Gasteiger partial charge in [0.25, 0.3) is 0 Å². The van der Waals surface area contributed by atoms with Gasteiger partial charge in [0.1, 0.15) is 11.4 Å². The molecule has 0 bridgehead atoms. The molecule has 5 nitrogen and oxygen atoms in total. The lowest BCUT2D eigenvalue weighted by molar-refractivity contribution is -0.116. The van der Waals surface area contributed by atoms with Crippen molar-refractivity contribution in [3.63, 3.8) is 0 Å². The SMILES string of the molecule is O=C(CCC1CCCO1)Nc1cccc(F)c1C(=O)O. The van der Waals surface area contributed by atoms with E-state index in [-0.39, 0.29) is 24.1 Å². The van der Waals surface area contributed by atoms with Crippen LogP contribution in [-0.4, -0.2) is 29.7 Å². The maximum Gasteiger partial charge on any atom is 0.340 e. The van der Waals surface area contributed by atoms with Gasteiger partial charge in [0, 0.05) is 13.0 Å². The van der Waals surface area contributed by atoms with E-state index in [2.05, 4.69) is 5.32 Å². The van der Waals surface area contributed by atoms with E-state index in [1.54, 1.807) is 0 Å². The number of anilines is 1. The second kappa shape index (κ2) is 6.47. The molecule has 108 valence electrons. The van der Waals surface area contributed by atoms with Crippen molar-refractivity contribution in [2.75, 3.05) is 11.9 Å². The molecule has 2 N–H and O–H groups in total. The number of hydrogen-bond acceptors (Lipinski definition) is 3. The highest BCUT2D eigenvalue weighted by molar-refractivity contribution is 6.00. The zero-order valence-electron chi connectivity index (χ0n) is 10.9. The van der Waals surface area contributed by atoms with E-state index in [9.17, 15) is 14.0 Å². The van der Waals surface area contributed by atoms with Crippen LogP contribution in [0.2, 0.25) is 0 Å². The van der Waals surface area contributed by atoms with E-state index in [1.807, 2.05) is 0 Å². The van der Waals surface area contributed by atoms with Crippen LogP contribution >= 0.6 is 0 Å². The fourth-order valence-electron chi connectivity index (χ4n) is 2.22. The first-order valence-corrected chi connectivity index (χ1v) is 6.51. The van der Waals surface area contributed by atoms with Crippen LogP contribution in [0.5, 0.6) is 0 Å². The number of halogens is 1. The number of ether oxygens (including phenoxy) is 1. The summed E-state index contributed by atoms with van der Waals surface area (Å²) in [5.74, 6) is -2.61. The average molecular weight is 281 g/mol. The van der Waals surface area contributed by atoms with Gasteiger partial charge in [0.05, 0.1) is 11.8 Å². The molecule has 6 heteroatoms. The van der Waals surface area contributed by atoms with Crippen LogP contribution in [0.1, 0.15) is 36.0 Å². The number of carbonyl (C=O) groups excluding carboxylic acids is 1. The predicted octanol–water partition coefficient (Wildman–Crippen LogP) is 2.42. The summed E-state index contributed by atoms with van der Waals surface area (Å²) in [4.78, 5) is 22.8. The Morgan fingerprint density at radius 3 is 2.90 bits per heavy atom. The van der Waals surface area contributed by atoms with Gasteiger partial charge in [-0.15, -0.1) is 0 Å². The van der Waals surface area contributed by atoms with Crippen molar-refractivity contribution in [3.8, 4) is 0 Å². The molecule has 1 unspecified atom stereocenters. The number of nitrogens with one attached hydrogen (secondary N) is 1. The van der Waals surface area contributed by atoms with Crippen LogP contribution in [0.15, 0.2) is 18.2 Å². The summed E-state index contributed by atoms with van der Waals surface area (Å²) < 4.78 is 18.8. The fraction of sp³-hybridized carbons (Fsp3) is 0.429. The summed E-state index contributed by atoms with van der Waals surface area (Å²) in [6.45, 7) is 0.722. The molecule has 1 atom stereocenters. The maximum atomic E-state index is 13.4. The Balaban J connectivity index is 1.96. The van der Waals surface area contributed by atoms with E-state index in [1.165, 1.54) is 12.1 Å². The Hall–Kier alpha value is -1.95. The first-order valence-electron chi connectivity index (χ1n) is 6.51. The van der Waals surface area contributed by atoms with E-state index in [0.29, 0.717) is 6.42 Å².